The molecule has 2 aromatic rings. The van der Waals surface area contributed by atoms with E-state index in [0.29, 0.717) is 16.4 Å². The fourth-order valence-corrected chi connectivity index (χ4v) is 3.09. The second kappa shape index (κ2) is 7.03. The number of rotatable bonds is 3. The van der Waals surface area contributed by atoms with Crippen LogP contribution >= 0.6 is 12.2 Å². The summed E-state index contributed by atoms with van der Waals surface area (Å²) in [4.78, 5) is 12.9. The van der Waals surface area contributed by atoms with Gasteiger partial charge in [0.25, 0.3) is 5.91 Å². The van der Waals surface area contributed by atoms with Crippen molar-refractivity contribution in [1.82, 2.24) is 10.6 Å². The number of thiocarbonyl (C=S) groups is 1. The van der Waals surface area contributed by atoms with Gasteiger partial charge in [-0.2, -0.15) is 0 Å². The zero-order valence-corrected chi connectivity index (χ0v) is 14.7. The van der Waals surface area contributed by atoms with E-state index in [4.69, 9.17) is 12.2 Å². The molecular formula is C19H18FN3OS. The summed E-state index contributed by atoms with van der Waals surface area (Å²) in [6, 6.07) is 13.2. The molecule has 0 unspecified atom stereocenters. The maximum absolute atomic E-state index is 13.2. The van der Waals surface area contributed by atoms with Gasteiger partial charge >= 0.3 is 0 Å². The molecule has 0 radical (unpaired) electrons. The molecule has 0 aliphatic carbocycles. The molecule has 0 bridgehead atoms. The first kappa shape index (κ1) is 17.1. The zero-order valence-electron chi connectivity index (χ0n) is 13.9. The van der Waals surface area contributed by atoms with Crippen LogP contribution in [-0.4, -0.2) is 11.0 Å². The number of allylic oxidation sites excluding steroid dienone is 1. The van der Waals surface area contributed by atoms with Crippen LogP contribution in [0.3, 0.4) is 0 Å². The number of hydrogen-bond donors (Lipinski definition) is 3. The molecule has 0 fully saturated rings. The number of benzene rings is 2. The van der Waals surface area contributed by atoms with Gasteiger partial charge in [-0.15, -0.1) is 0 Å². The first-order valence-corrected chi connectivity index (χ1v) is 8.26. The Hall–Kier alpha value is -2.73. The molecule has 1 aliphatic heterocycles. The van der Waals surface area contributed by atoms with Crippen LogP contribution in [0.5, 0.6) is 0 Å². The van der Waals surface area contributed by atoms with Gasteiger partial charge in [0, 0.05) is 11.4 Å². The van der Waals surface area contributed by atoms with Crippen molar-refractivity contribution in [1.29, 1.82) is 0 Å². The van der Waals surface area contributed by atoms with E-state index in [9.17, 15) is 9.18 Å². The normalized spacial score (nSPS) is 16.9. The quantitative estimate of drug-likeness (QED) is 0.737. The lowest BCUT2D eigenvalue weighted by molar-refractivity contribution is -0.113. The minimum Gasteiger partial charge on any atom is -0.351 e. The molecule has 25 heavy (non-hydrogen) atoms. The molecule has 0 spiro atoms. The summed E-state index contributed by atoms with van der Waals surface area (Å²) in [5.41, 5.74) is 3.72. The van der Waals surface area contributed by atoms with Crippen LogP contribution in [-0.2, 0) is 4.79 Å². The maximum Gasteiger partial charge on any atom is 0.255 e. The Labute approximate surface area is 151 Å². The van der Waals surface area contributed by atoms with Crippen molar-refractivity contribution in [3.8, 4) is 0 Å². The van der Waals surface area contributed by atoms with E-state index in [2.05, 4.69) is 16.0 Å². The lowest BCUT2D eigenvalue weighted by atomic mass is 9.95. The van der Waals surface area contributed by atoms with Gasteiger partial charge in [-0.05, 0) is 61.5 Å². The minimum absolute atomic E-state index is 0.236. The third kappa shape index (κ3) is 3.85. The zero-order chi connectivity index (χ0) is 18.0. The molecule has 1 heterocycles. The smallest absolute Gasteiger partial charge is 0.255 e. The molecule has 4 nitrogen and oxygen atoms in total. The van der Waals surface area contributed by atoms with E-state index in [1.807, 2.05) is 31.2 Å². The monoisotopic (exact) mass is 355 g/mol. The number of halogens is 1. The highest BCUT2D eigenvalue weighted by atomic mass is 32.1. The van der Waals surface area contributed by atoms with Crippen LogP contribution in [0.25, 0.3) is 0 Å². The topological polar surface area (TPSA) is 53.2 Å². The van der Waals surface area contributed by atoms with Crippen LogP contribution in [0.4, 0.5) is 10.1 Å². The number of carbonyl (C=O) groups is 1. The van der Waals surface area contributed by atoms with Crippen LogP contribution in [0.15, 0.2) is 59.8 Å². The largest absolute Gasteiger partial charge is 0.351 e. The Bertz CT molecular complexity index is 861. The summed E-state index contributed by atoms with van der Waals surface area (Å²) in [5, 5.41) is 9.42. The van der Waals surface area contributed by atoms with Gasteiger partial charge in [0.1, 0.15) is 5.82 Å². The Morgan fingerprint density at radius 3 is 2.56 bits per heavy atom. The Morgan fingerprint density at radius 2 is 1.88 bits per heavy atom. The van der Waals surface area contributed by atoms with Crippen molar-refractivity contribution in [3.05, 3.63) is 76.7 Å². The molecule has 2 aromatic carbocycles. The molecule has 3 N–H and O–H groups in total. The fraction of sp³-hybridized carbons (Fsp3) is 0.158. The lowest BCUT2D eigenvalue weighted by Crippen LogP contribution is -2.45. The van der Waals surface area contributed by atoms with Crippen LogP contribution in [0.1, 0.15) is 24.1 Å². The highest BCUT2D eigenvalue weighted by molar-refractivity contribution is 7.80. The number of aryl methyl sites for hydroxylation is 1. The van der Waals surface area contributed by atoms with Crippen molar-refractivity contribution in [3.63, 3.8) is 0 Å². The van der Waals surface area contributed by atoms with Crippen LogP contribution in [0, 0.1) is 12.7 Å². The Morgan fingerprint density at radius 1 is 1.16 bits per heavy atom. The summed E-state index contributed by atoms with van der Waals surface area (Å²) in [6.07, 6.45) is 0. The van der Waals surface area contributed by atoms with Gasteiger partial charge < -0.3 is 16.0 Å². The number of nitrogens with one attached hydrogen (secondary N) is 3. The third-order valence-electron chi connectivity index (χ3n) is 3.99. The van der Waals surface area contributed by atoms with E-state index >= 15 is 0 Å². The van der Waals surface area contributed by atoms with Gasteiger partial charge in [0.15, 0.2) is 5.11 Å². The summed E-state index contributed by atoms with van der Waals surface area (Å²) < 4.78 is 13.2. The van der Waals surface area contributed by atoms with E-state index in [-0.39, 0.29) is 11.7 Å². The van der Waals surface area contributed by atoms with Crippen molar-refractivity contribution in [2.45, 2.75) is 19.9 Å². The number of hydrogen-bond acceptors (Lipinski definition) is 2. The van der Waals surface area contributed by atoms with Gasteiger partial charge in [0.05, 0.1) is 11.6 Å². The maximum atomic E-state index is 13.2. The molecule has 1 atom stereocenters. The summed E-state index contributed by atoms with van der Waals surface area (Å²) >= 11 is 5.21. The molecule has 128 valence electrons. The van der Waals surface area contributed by atoms with Crippen molar-refractivity contribution >= 4 is 28.9 Å². The number of amides is 1. The second-order valence-corrected chi connectivity index (χ2v) is 6.35. The molecule has 0 saturated heterocycles. The predicted molar refractivity (Wildman–Crippen MR) is 101 cm³/mol. The third-order valence-corrected chi connectivity index (χ3v) is 4.21. The molecular weight excluding hydrogens is 337 g/mol. The van der Waals surface area contributed by atoms with Crippen molar-refractivity contribution < 1.29 is 9.18 Å². The molecule has 6 heteroatoms. The van der Waals surface area contributed by atoms with Crippen LogP contribution in [0.2, 0.25) is 0 Å². The number of carbonyl (C=O) groups excluding carboxylic acids is 1. The van der Waals surface area contributed by atoms with Gasteiger partial charge in [-0.3, -0.25) is 4.79 Å². The molecule has 0 aromatic heterocycles. The average molecular weight is 355 g/mol. The van der Waals surface area contributed by atoms with Crippen molar-refractivity contribution in [2.24, 2.45) is 0 Å². The van der Waals surface area contributed by atoms with E-state index in [1.165, 1.54) is 12.1 Å². The highest BCUT2D eigenvalue weighted by Gasteiger charge is 2.29. The van der Waals surface area contributed by atoms with Crippen LogP contribution < -0.4 is 16.0 Å². The summed E-state index contributed by atoms with van der Waals surface area (Å²) in [7, 11) is 0. The average Bonchev–Trinajstić information content (AvgIpc) is 2.54. The van der Waals surface area contributed by atoms with E-state index in [1.54, 1.807) is 19.1 Å². The standard InChI is InChI=1S/C19H18FN3OS/c1-11-4-3-5-15(10-11)22-18(24)16-12(2)21-19(25)23-17(16)13-6-8-14(20)9-7-13/h3-10,17H,1-2H3,(H,22,24)(H2,21,23,25)/t17-/m1/s1. The molecule has 3 rings (SSSR count). The number of anilines is 1. The first-order chi connectivity index (χ1) is 11.9. The second-order valence-electron chi connectivity index (χ2n) is 5.95. The first-order valence-electron chi connectivity index (χ1n) is 7.86. The fourth-order valence-electron chi connectivity index (χ4n) is 2.82. The molecule has 1 aliphatic rings. The predicted octanol–water partition coefficient (Wildman–Crippen LogP) is 3.57. The summed E-state index contributed by atoms with van der Waals surface area (Å²) in [5.74, 6) is -0.563. The Balaban J connectivity index is 1.94. The molecule has 0 saturated carbocycles. The van der Waals surface area contributed by atoms with E-state index in [0.717, 1.165) is 16.8 Å². The van der Waals surface area contributed by atoms with Gasteiger partial charge in [0.2, 0.25) is 0 Å². The Kier molecular flexibility index (Phi) is 4.81. The lowest BCUT2D eigenvalue weighted by Gasteiger charge is -2.30. The van der Waals surface area contributed by atoms with Gasteiger partial charge in [-0.1, -0.05) is 24.3 Å². The SMILES string of the molecule is CC1=C(C(=O)Nc2cccc(C)c2)[C@@H](c2ccc(F)cc2)NC(=S)N1. The van der Waals surface area contributed by atoms with Gasteiger partial charge in [-0.25, -0.2) is 4.39 Å². The summed E-state index contributed by atoms with van der Waals surface area (Å²) in [6.45, 7) is 3.76. The van der Waals surface area contributed by atoms with E-state index < -0.39 is 6.04 Å². The minimum atomic E-state index is -0.445. The highest BCUT2D eigenvalue weighted by Crippen LogP contribution is 2.28. The van der Waals surface area contributed by atoms with Crippen molar-refractivity contribution in [2.75, 3.05) is 5.32 Å². The molecule has 1 amide bonds.